The Bertz CT molecular complexity index is 1140. The molecule has 0 bridgehead atoms. The summed E-state index contributed by atoms with van der Waals surface area (Å²) in [5.41, 5.74) is 5.30. The van der Waals surface area contributed by atoms with Crippen LogP contribution in [0.25, 0.3) is 0 Å². The van der Waals surface area contributed by atoms with Crippen LogP contribution in [0.2, 0.25) is 0 Å². The van der Waals surface area contributed by atoms with Crippen molar-refractivity contribution in [1.29, 1.82) is 0 Å². The van der Waals surface area contributed by atoms with Gasteiger partial charge in [0, 0.05) is 48.6 Å². The fourth-order valence-corrected chi connectivity index (χ4v) is 3.87. The first-order valence-electron chi connectivity index (χ1n) is 10.8. The van der Waals surface area contributed by atoms with Gasteiger partial charge >= 0.3 is 0 Å². The minimum absolute atomic E-state index is 0.00401. The lowest BCUT2D eigenvalue weighted by Gasteiger charge is -2.09. The molecule has 0 spiro atoms. The molecule has 3 aromatic rings. The molecular weight excluding hydrogens is 402 g/mol. The summed E-state index contributed by atoms with van der Waals surface area (Å²) in [6, 6.07) is 16.5. The molecule has 0 saturated heterocycles. The van der Waals surface area contributed by atoms with Gasteiger partial charge in [-0.15, -0.1) is 0 Å². The van der Waals surface area contributed by atoms with Gasteiger partial charge in [0.2, 0.25) is 5.91 Å². The number of benzene rings is 2. The second-order valence-corrected chi connectivity index (χ2v) is 7.93. The number of hydrogen-bond acceptors (Lipinski definition) is 4. The fourth-order valence-electron chi connectivity index (χ4n) is 3.87. The monoisotopic (exact) mass is 427 g/mol. The molecule has 32 heavy (non-hydrogen) atoms. The van der Waals surface area contributed by atoms with E-state index in [4.69, 9.17) is 0 Å². The number of anilines is 1. The highest BCUT2D eigenvalue weighted by molar-refractivity contribution is 6.04. The zero-order chi connectivity index (χ0) is 22.3. The van der Waals surface area contributed by atoms with Crippen LogP contribution in [0, 0.1) is 0 Å². The topological polar surface area (TPSA) is 88.2 Å². The molecular formula is C26H25N3O3. The van der Waals surface area contributed by atoms with Crippen LogP contribution in [0.5, 0.6) is 0 Å². The predicted octanol–water partition coefficient (Wildman–Crippen LogP) is 4.10. The van der Waals surface area contributed by atoms with Crippen LogP contribution < -0.4 is 10.6 Å². The van der Waals surface area contributed by atoms with Gasteiger partial charge in [0.1, 0.15) is 0 Å². The van der Waals surface area contributed by atoms with Crippen LogP contribution in [-0.2, 0) is 24.2 Å². The van der Waals surface area contributed by atoms with E-state index >= 15 is 0 Å². The third-order valence-corrected chi connectivity index (χ3v) is 5.62. The Labute approximate surface area is 187 Å². The zero-order valence-corrected chi connectivity index (χ0v) is 17.8. The maximum absolute atomic E-state index is 12.5. The molecule has 0 atom stereocenters. The number of Topliss-reactive ketones (excluding diaryl/α,β-unsaturated/α-hetero) is 1. The van der Waals surface area contributed by atoms with Crippen LogP contribution >= 0.6 is 0 Å². The third-order valence-electron chi connectivity index (χ3n) is 5.62. The van der Waals surface area contributed by atoms with Gasteiger partial charge in [-0.3, -0.25) is 19.4 Å². The Balaban J connectivity index is 1.25. The van der Waals surface area contributed by atoms with E-state index in [0.29, 0.717) is 23.4 Å². The Morgan fingerprint density at radius 1 is 0.844 bits per heavy atom. The first-order valence-corrected chi connectivity index (χ1v) is 10.8. The van der Waals surface area contributed by atoms with E-state index in [1.54, 1.807) is 30.6 Å². The van der Waals surface area contributed by atoms with Crippen molar-refractivity contribution in [1.82, 2.24) is 10.3 Å². The van der Waals surface area contributed by atoms with Crippen LogP contribution in [0.15, 0.2) is 67.0 Å². The summed E-state index contributed by atoms with van der Waals surface area (Å²) in [6.45, 7) is 0.324. The first-order chi connectivity index (χ1) is 15.6. The Hall–Kier alpha value is -3.80. The molecule has 0 aliphatic heterocycles. The molecule has 1 aromatic heterocycles. The van der Waals surface area contributed by atoms with Crippen molar-refractivity contribution >= 4 is 23.3 Å². The number of aromatic nitrogens is 1. The van der Waals surface area contributed by atoms with E-state index in [0.717, 1.165) is 24.8 Å². The summed E-state index contributed by atoms with van der Waals surface area (Å²) < 4.78 is 0. The molecule has 1 heterocycles. The standard InChI is InChI=1S/C26H25N3O3/c30-24(22-8-7-19-4-2-5-21(19)16-22)9-10-25(31)28-17-18-3-1-6-23(15-18)29-26(32)20-11-13-27-14-12-20/h1,3,6-8,11-16H,2,4-5,9-10,17H2,(H,28,31)(H,29,32). The highest BCUT2D eigenvalue weighted by Gasteiger charge is 2.15. The molecule has 6 heteroatoms. The average molecular weight is 428 g/mol. The molecule has 2 aromatic carbocycles. The molecule has 2 N–H and O–H groups in total. The van der Waals surface area contributed by atoms with Crippen LogP contribution in [0.4, 0.5) is 5.69 Å². The van der Waals surface area contributed by atoms with Crippen LogP contribution in [-0.4, -0.2) is 22.6 Å². The molecule has 4 rings (SSSR count). The van der Waals surface area contributed by atoms with Gasteiger partial charge in [-0.25, -0.2) is 0 Å². The molecule has 0 saturated carbocycles. The Kier molecular flexibility index (Phi) is 6.70. The quantitative estimate of drug-likeness (QED) is 0.530. The summed E-state index contributed by atoms with van der Waals surface area (Å²) >= 11 is 0. The number of amides is 2. The number of pyridine rings is 1. The number of rotatable bonds is 8. The SMILES string of the molecule is O=C(CCC(=O)c1ccc2c(c1)CCC2)NCc1cccc(NC(=O)c2ccncc2)c1. The van der Waals surface area contributed by atoms with E-state index in [9.17, 15) is 14.4 Å². The van der Waals surface area contributed by atoms with Crippen molar-refractivity contribution in [2.75, 3.05) is 5.32 Å². The highest BCUT2D eigenvalue weighted by atomic mass is 16.2. The normalized spacial score (nSPS) is 12.1. The molecule has 1 aliphatic rings. The lowest BCUT2D eigenvalue weighted by atomic mass is 10.0. The largest absolute Gasteiger partial charge is 0.352 e. The smallest absolute Gasteiger partial charge is 0.255 e. The van der Waals surface area contributed by atoms with Gasteiger partial charge in [-0.1, -0.05) is 24.3 Å². The zero-order valence-electron chi connectivity index (χ0n) is 17.8. The summed E-state index contributed by atoms with van der Waals surface area (Å²) in [6.07, 6.45) is 6.72. The number of carbonyl (C=O) groups excluding carboxylic acids is 3. The molecule has 1 aliphatic carbocycles. The summed E-state index contributed by atoms with van der Waals surface area (Å²) in [4.78, 5) is 40.9. The molecule has 2 amide bonds. The van der Waals surface area contributed by atoms with Gasteiger partial charge in [-0.2, -0.15) is 0 Å². The van der Waals surface area contributed by atoms with E-state index in [-0.39, 0.29) is 30.4 Å². The highest BCUT2D eigenvalue weighted by Crippen LogP contribution is 2.23. The summed E-state index contributed by atoms with van der Waals surface area (Å²) in [5.74, 6) is -0.403. The van der Waals surface area contributed by atoms with E-state index in [1.165, 1.54) is 11.1 Å². The van der Waals surface area contributed by atoms with Gasteiger partial charge in [0.05, 0.1) is 0 Å². The number of aryl methyl sites for hydroxylation is 2. The summed E-state index contributed by atoms with van der Waals surface area (Å²) in [5, 5.41) is 5.69. The maximum Gasteiger partial charge on any atom is 0.255 e. The molecule has 6 nitrogen and oxygen atoms in total. The van der Waals surface area contributed by atoms with Gasteiger partial charge < -0.3 is 10.6 Å². The van der Waals surface area contributed by atoms with E-state index in [1.807, 2.05) is 36.4 Å². The number of nitrogens with zero attached hydrogens (tertiary/aromatic N) is 1. The second-order valence-electron chi connectivity index (χ2n) is 7.93. The van der Waals surface area contributed by atoms with Crippen LogP contribution in [0.1, 0.15) is 56.7 Å². The van der Waals surface area contributed by atoms with Gasteiger partial charge in [0.15, 0.2) is 5.78 Å². The van der Waals surface area contributed by atoms with E-state index < -0.39 is 0 Å². The summed E-state index contributed by atoms with van der Waals surface area (Å²) in [7, 11) is 0. The first kappa shape index (κ1) is 21.4. The van der Waals surface area contributed by atoms with Crippen LogP contribution in [0.3, 0.4) is 0 Å². The van der Waals surface area contributed by atoms with Crippen molar-refractivity contribution in [3.05, 3.63) is 94.8 Å². The fraction of sp³-hybridized carbons (Fsp3) is 0.231. The third kappa shape index (κ3) is 5.46. The molecule has 162 valence electrons. The lowest BCUT2D eigenvalue weighted by Crippen LogP contribution is -2.23. The molecule has 0 radical (unpaired) electrons. The Morgan fingerprint density at radius 3 is 2.50 bits per heavy atom. The van der Waals surface area contributed by atoms with Crippen molar-refractivity contribution < 1.29 is 14.4 Å². The number of hydrogen-bond donors (Lipinski definition) is 2. The maximum atomic E-state index is 12.5. The molecule has 0 unspecified atom stereocenters. The number of carbonyl (C=O) groups is 3. The van der Waals surface area contributed by atoms with Crippen molar-refractivity contribution in [2.45, 2.75) is 38.6 Å². The van der Waals surface area contributed by atoms with Crippen molar-refractivity contribution in [3.8, 4) is 0 Å². The predicted molar refractivity (Wildman–Crippen MR) is 123 cm³/mol. The lowest BCUT2D eigenvalue weighted by molar-refractivity contribution is -0.121. The van der Waals surface area contributed by atoms with Crippen molar-refractivity contribution in [3.63, 3.8) is 0 Å². The van der Waals surface area contributed by atoms with Gasteiger partial charge in [0.25, 0.3) is 5.91 Å². The number of ketones is 1. The van der Waals surface area contributed by atoms with E-state index in [2.05, 4.69) is 15.6 Å². The Morgan fingerprint density at radius 2 is 1.66 bits per heavy atom. The average Bonchev–Trinajstić information content (AvgIpc) is 3.30. The van der Waals surface area contributed by atoms with Gasteiger partial charge in [-0.05, 0) is 66.3 Å². The minimum Gasteiger partial charge on any atom is -0.352 e. The second kappa shape index (κ2) is 10.0. The number of fused-ring (bicyclic) bond motifs is 1. The number of nitrogens with one attached hydrogen (secondary N) is 2. The van der Waals surface area contributed by atoms with Crippen molar-refractivity contribution in [2.24, 2.45) is 0 Å². The molecule has 0 fully saturated rings. The minimum atomic E-state index is -0.223.